The minimum Gasteiger partial charge on any atom is -0.467 e. The Morgan fingerprint density at radius 3 is 2.86 bits per heavy atom. The van der Waals surface area contributed by atoms with Crippen molar-refractivity contribution in [2.75, 3.05) is 25.1 Å². The maximum absolute atomic E-state index is 11.6. The van der Waals surface area contributed by atoms with Crippen LogP contribution in [-0.4, -0.2) is 48.3 Å². The number of aryl methyl sites for hydroxylation is 1. The number of methoxy groups -OCH3 is 1. The molecule has 2 atom stereocenters. The molecular formula is C13H17N3O5. The first-order valence-corrected chi connectivity index (χ1v) is 6.51. The van der Waals surface area contributed by atoms with Crippen molar-refractivity contribution in [3.05, 3.63) is 27.9 Å². The molecule has 1 aliphatic heterocycles. The quantitative estimate of drug-likeness (QED) is 0.467. The van der Waals surface area contributed by atoms with Crippen LogP contribution in [0.25, 0.3) is 0 Å². The monoisotopic (exact) mass is 295 g/mol. The Kier molecular flexibility index (Phi) is 4.37. The standard InChI is InChI=1S/C13H17N3O5/c1-8-4-12(14-5-10(8)16(18)19)15-6-9(2)21-11(7-15)13(17)20-3/h4-5,9,11H,6-7H2,1-3H3/t9-,11?/m0/s1. The lowest BCUT2D eigenvalue weighted by Gasteiger charge is -2.36. The molecule has 0 amide bonds. The lowest BCUT2D eigenvalue weighted by Crippen LogP contribution is -2.50. The number of morpholine rings is 1. The number of hydrogen-bond donors (Lipinski definition) is 0. The van der Waals surface area contributed by atoms with E-state index in [2.05, 4.69) is 4.98 Å². The van der Waals surface area contributed by atoms with Crippen LogP contribution in [0.15, 0.2) is 12.3 Å². The molecule has 1 fully saturated rings. The molecule has 1 aromatic heterocycles. The number of carbonyl (C=O) groups is 1. The maximum atomic E-state index is 11.6. The fourth-order valence-electron chi connectivity index (χ4n) is 2.30. The smallest absolute Gasteiger partial charge is 0.336 e. The Morgan fingerprint density at radius 2 is 2.29 bits per heavy atom. The third-order valence-corrected chi connectivity index (χ3v) is 3.31. The third kappa shape index (κ3) is 3.27. The molecule has 2 rings (SSSR count). The number of pyridine rings is 1. The molecule has 8 nitrogen and oxygen atoms in total. The van der Waals surface area contributed by atoms with Gasteiger partial charge in [0.15, 0.2) is 6.10 Å². The van der Waals surface area contributed by atoms with Crippen LogP contribution in [0.3, 0.4) is 0 Å². The van der Waals surface area contributed by atoms with Gasteiger partial charge in [0, 0.05) is 12.1 Å². The van der Waals surface area contributed by atoms with Crippen LogP contribution in [-0.2, 0) is 14.3 Å². The minimum absolute atomic E-state index is 0.0235. The fraction of sp³-hybridized carbons (Fsp3) is 0.538. The summed E-state index contributed by atoms with van der Waals surface area (Å²) >= 11 is 0. The van der Waals surface area contributed by atoms with Crippen LogP contribution in [0.2, 0.25) is 0 Å². The molecule has 8 heteroatoms. The summed E-state index contributed by atoms with van der Waals surface area (Å²) in [5, 5.41) is 10.8. The molecule has 0 aromatic carbocycles. The fourth-order valence-corrected chi connectivity index (χ4v) is 2.30. The Balaban J connectivity index is 2.22. The van der Waals surface area contributed by atoms with Gasteiger partial charge in [0.05, 0.1) is 24.7 Å². The van der Waals surface area contributed by atoms with E-state index in [1.807, 2.05) is 11.8 Å². The molecule has 2 heterocycles. The van der Waals surface area contributed by atoms with Crippen molar-refractivity contribution in [1.29, 1.82) is 0 Å². The van der Waals surface area contributed by atoms with Crippen LogP contribution >= 0.6 is 0 Å². The molecular weight excluding hydrogens is 278 g/mol. The highest BCUT2D eigenvalue weighted by atomic mass is 16.6. The van der Waals surface area contributed by atoms with Gasteiger partial charge in [0.1, 0.15) is 12.0 Å². The van der Waals surface area contributed by atoms with E-state index < -0.39 is 17.0 Å². The van der Waals surface area contributed by atoms with Crippen molar-refractivity contribution in [3.8, 4) is 0 Å². The Bertz CT molecular complexity index is 563. The van der Waals surface area contributed by atoms with Gasteiger partial charge in [0.25, 0.3) is 5.69 Å². The Labute approximate surface area is 121 Å². The molecule has 0 aliphatic carbocycles. The lowest BCUT2D eigenvalue weighted by molar-refractivity contribution is -0.385. The predicted octanol–water partition coefficient (Wildman–Crippen LogP) is 1.06. The highest BCUT2D eigenvalue weighted by Crippen LogP contribution is 2.24. The highest BCUT2D eigenvalue weighted by Gasteiger charge is 2.32. The number of esters is 1. The molecule has 0 radical (unpaired) electrons. The normalized spacial score (nSPS) is 22.0. The Hall–Kier alpha value is -2.22. The average Bonchev–Trinajstić information content (AvgIpc) is 2.45. The third-order valence-electron chi connectivity index (χ3n) is 3.31. The van der Waals surface area contributed by atoms with E-state index in [1.165, 1.54) is 13.3 Å². The molecule has 1 unspecified atom stereocenters. The van der Waals surface area contributed by atoms with Crippen molar-refractivity contribution in [3.63, 3.8) is 0 Å². The summed E-state index contributed by atoms with van der Waals surface area (Å²) < 4.78 is 10.2. The minimum atomic E-state index is -0.684. The summed E-state index contributed by atoms with van der Waals surface area (Å²) in [4.78, 5) is 27.9. The van der Waals surface area contributed by atoms with E-state index in [9.17, 15) is 14.9 Å². The van der Waals surface area contributed by atoms with Gasteiger partial charge in [-0.15, -0.1) is 0 Å². The van der Waals surface area contributed by atoms with E-state index in [4.69, 9.17) is 9.47 Å². The molecule has 0 bridgehead atoms. The summed E-state index contributed by atoms with van der Waals surface area (Å²) in [5.41, 5.74) is 0.503. The van der Waals surface area contributed by atoms with E-state index in [1.54, 1.807) is 13.0 Å². The first-order valence-electron chi connectivity index (χ1n) is 6.51. The molecule has 1 saturated heterocycles. The van der Waals surface area contributed by atoms with Crippen molar-refractivity contribution < 1.29 is 19.2 Å². The van der Waals surface area contributed by atoms with Crippen LogP contribution < -0.4 is 4.90 Å². The molecule has 0 spiro atoms. The second-order valence-corrected chi connectivity index (χ2v) is 4.95. The summed E-state index contributed by atoms with van der Waals surface area (Å²) in [6, 6.07) is 1.64. The van der Waals surface area contributed by atoms with Gasteiger partial charge in [-0.05, 0) is 19.9 Å². The molecule has 1 aromatic rings. The van der Waals surface area contributed by atoms with Crippen LogP contribution in [0.4, 0.5) is 11.5 Å². The molecule has 114 valence electrons. The van der Waals surface area contributed by atoms with E-state index in [0.717, 1.165) is 0 Å². The molecule has 21 heavy (non-hydrogen) atoms. The van der Waals surface area contributed by atoms with Gasteiger partial charge >= 0.3 is 5.97 Å². The van der Waals surface area contributed by atoms with Crippen molar-refractivity contribution in [1.82, 2.24) is 4.98 Å². The van der Waals surface area contributed by atoms with Gasteiger partial charge in [-0.2, -0.15) is 0 Å². The largest absolute Gasteiger partial charge is 0.467 e. The number of carbonyl (C=O) groups excluding carboxylic acids is 1. The zero-order chi connectivity index (χ0) is 15.6. The van der Waals surface area contributed by atoms with Gasteiger partial charge in [-0.3, -0.25) is 10.1 Å². The number of rotatable bonds is 3. The first kappa shape index (κ1) is 15.2. The number of ether oxygens (including phenoxy) is 2. The van der Waals surface area contributed by atoms with Crippen LogP contribution in [0, 0.1) is 17.0 Å². The maximum Gasteiger partial charge on any atom is 0.336 e. The first-order chi connectivity index (χ1) is 9.92. The van der Waals surface area contributed by atoms with E-state index in [-0.39, 0.29) is 11.8 Å². The second kappa shape index (κ2) is 6.04. The molecule has 0 N–H and O–H groups in total. The summed E-state index contributed by atoms with van der Waals surface area (Å²) in [7, 11) is 1.31. The van der Waals surface area contributed by atoms with Crippen LogP contribution in [0.5, 0.6) is 0 Å². The van der Waals surface area contributed by atoms with E-state index in [0.29, 0.717) is 24.5 Å². The predicted molar refractivity (Wildman–Crippen MR) is 74.2 cm³/mol. The number of anilines is 1. The topological polar surface area (TPSA) is 94.8 Å². The second-order valence-electron chi connectivity index (χ2n) is 4.95. The zero-order valence-corrected chi connectivity index (χ0v) is 12.1. The molecule has 1 aliphatic rings. The number of aromatic nitrogens is 1. The van der Waals surface area contributed by atoms with Gasteiger partial charge in [0.2, 0.25) is 0 Å². The average molecular weight is 295 g/mol. The van der Waals surface area contributed by atoms with Gasteiger partial charge in [-0.1, -0.05) is 0 Å². The lowest BCUT2D eigenvalue weighted by atomic mass is 10.2. The van der Waals surface area contributed by atoms with Crippen LogP contribution in [0.1, 0.15) is 12.5 Å². The molecule has 0 saturated carbocycles. The van der Waals surface area contributed by atoms with Crippen molar-refractivity contribution in [2.45, 2.75) is 26.1 Å². The summed E-state index contributed by atoms with van der Waals surface area (Å²) in [5.74, 6) is 0.146. The number of hydrogen-bond acceptors (Lipinski definition) is 7. The van der Waals surface area contributed by atoms with Crippen molar-refractivity contribution in [2.24, 2.45) is 0 Å². The van der Waals surface area contributed by atoms with Crippen molar-refractivity contribution >= 4 is 17.5 Å². The highest BCUT2D eigenvalue weighted by molar-refractivity contribution is 5.75. The SMILES string of the molecule is COC(=O)C1CN(c2cc(C)c([N+](=O)[O-])cn2)C[C@H](C)O1. The Morgan fingerprint density at radius 1 is 1.57 bits per heavy atom. The summed E-state index contributed by atoms with van der Waals surface area (Å²) in [6.07, 6.45) is 0.383. The summed E-state index contributed by atoms with van der Waals surface area (Å²) in [6.45, 7) is 4.37. The van der Waals surface area contributed by atoms with Gasteiger partial charge < -0.3 is 14.4 Å². The van der Waals surface area contributed by atoms with E-state index >= 15 is 0 Å². The van der Waals surface area contributed by atoms with Gasteiger partial charge in [-0.25, -0.2) is 9.78 Å². The number of nitrogens with zero attached hydrogens (tertiary/aromatic N) is 3. The number of nitro groups is 1. The zero-order valence-electron chi connectivity index (χ0n) is 12.1.